The molecule has 0 fully saturated rings. The second kappa shape index (κ2) is 11.3. The summed E-state index contributed by atoms with van der Waals surface area (Å²) >= 11 is 24.5. The van der Waals surface area contributed by atoms with Crippen molar-refractivity contribution in [3.05, 3.63) is 86.3 Å². The molecule has 0 aliphatic rings. The van der Waals surface area contributed by atoms with E-state index >= 15 is 0 Å². The Kier molecular flexibility index (Phi) is 9.39. The van der Waals surface area contributed by atoms with Gasteiger partial charge in [0.15, 0.2) is 0 Å². The maximum atomic E-state index is 8.74. The Morgan fingerprint density at radius 3 is 2.13 bits per heavy atom. The highest BCUT2D eigenvalue weighted by atomic mass is 35.5. The fourth-order valence-corrected chi connectivity index (χ4v) is 3.41. The highest BCUT2D eigenvalue weighted by Crippen LogP contribution is 2.31. The Morgan fingerprint density at radius 1 is 1.00 bits per heavy atom. The standard InChI is InChI=1S/C18H14Cl4N2O.H2O4S/c19-13-2-1-12(16(21)7-13)10-25-18(9-24-6-5-23-11-24)15-4-3-14(20)8-17(15)22;1-5(2,3)4/h1-8,11,18H,9-10H2;(H2,1,2,3,4). The number of benzene rings is 2. The number of rotatable bonds is 6. The van der Waals surface area contributed by atoms with Gasteiger partial charge in [0.1, 0.15) is 6.10 Å². The van der Waals surface area contributed by atoms with E-state index in [9.17, 15) is 0 Å². The monoisotopic (exact) mass is 512 g/mol. The molecule has 0 aliphatic heterocycles. The Labute approximate surface area is 193 Å². The van der Waals surface area contributed by atoms with Crippen LogP contribution in [-0.4, -0.2) is 27.1 Å². The van der Waals surface area contributed by atoms with E-state index in [1.54, 1.807) is 36.8 Å². The first-order chi connectivity index (χ1) is 14.0. The summed E-state index contributed by atoms with van der Waals surface area (Å²) in [6.07, 6.45) is 5.03. The van der Waals surface area contributed by atoms with Gasteiger partial charge < -0.3 is 9.30 Å². The van der Waals surface area contributed by atoms with E-state index < -0.39 is 10.4 Å². The van der Waals surface area contributed by atoms with Crippen molar-refractivity contribution < 1.29 is 22.3 Å². The van der Waals surface area contributed by atoms with Crippen LogP contribution in [0.5, 0.6) is 0 Å². The summed E-state index contributed by atoms with van der Waals surface area (Å²) in [7, 11) is -4.67. The predicted molar refractivity (Wildman–Crippen MR) is 117 cm³/mol. The van der Waals surface area contributed by atoms with Gasteiger partial charge >= 0.3 is 10.4 Å². The van der Waals surface area contributed by atoms with Gasteiger partial charge in [0, 0.05) is 38.0 Å². The van der Waals surface area contributed by atoms with Gasteiger partial charge in [0.25, 0.3) is 0 Å². The third-order valence-corrected chi connectivity index (χ3v) is 4.85. The number of halogens is 4. The van der Waals surface area contributed by atoms with Crippen LogP contribution < -0.4 is 0 Å². The topological polar surface area (TPSA) is 102 Å². The maximum Gasteiger partial charge on any atom is 0.394 e. The zero-order valence-corrected chi connectivity index (χ0v) is 19.0. The molecular formula is C18H16Cl4N2O5S. The maximum absolute atomic E-state index is 8.74. The number of hydrogen-bond acceptors (Lipinski definition) is 4. The lowest BCUT2D eigenvalue weighted by molar-refractivity contribution is 0.0281. The molecule has 30 heavy (non-hydrogen) atoms. The second-order valence-corrected chi connectivity index (χ2v) is 8.49. The molecule has 7 nitrogen and oxygen atoms in total. The molecule has 1 unspecified atom stereocenters. The third-order valence-electron chi connectivity index (χ3n) is 3.70. The quantitative estimate of drug-likeness (QED) is 0.404. The average molecular weight is 514 g/mol. The molecule has 1 atom stereocenters. The van der Waals surface area contributed by atoms with E-state index in [-0.39, 0.29) is 6.10 Å². The van der Waals surface area contributed by atoms with Crippen molar-refractivity contribution in [1.29, 1.82) is 0 Å². The predicted octanol–water partition coefficient (Wildman–Crippen LogP) is 5.80. The van der Waals surface area contributed by atoms with Crippen LogP contribution in [0, 0.1) is 0 Å². The summed E-state index contributed by atoms with van der Waals surface area (Å²) in [5.41, 5.74) is 1.71. The number of imidazole rings is 1. The van der Waals surface area contributed by atoms with Crippen molar-refractivity contribution in [1.82, 2.24) is 9.55 Å². The van der Waals surface area contributed by atoms with Gasteiger partial charge in [-0.15, -0.1) is 0 Å². The van der Waals surface area contributed by atoms with Crippen LogP contribution in [0.15, 0.2) is 55.1 Å². The minimum atomic E-state index is -4.67. The van der Waals surface area contributed by atoms with Gasteiger partial charge in [0.2, 0.25) is 0 Å². The normalized spacial score (nSPS) is 12.2. The summed E-state index contributed by atoms with van der Waals surface area (Å²) in [4.78, 5) is 4.07. The first kappa shape index (κ1) is 24.9. The average Bonchev–Trinajstić information content (AvgIpc) is 3.12. The SMILES string of the molecule is Clc1ccc(COC(Cn2ccnc2)c2ccc(Cl)cc2Cl)c(Cl)c1.O=S(=O)(O)O. The molecule has 0 saturated heterocycles. The summed E-state index contributed by atoms with van der Waals surface area (Å²) in [5, 5.41) is 2.29. The lowest BCUT2D eigenvalue weighted by Gasteiger charge is -2.21. The highest BCUT2D eigenvalue weighted by Gasteiger charge is 2.17. The van der Waals surface area contributed by atoms with Crippen LogP contribution in [0.25, 0.3) is 0 Å². The lowest BCUT2D eigenvalue weighted by Crippen LogP contribution is -2.12. The van der Waals surface area contributed by atoms with Crippen molar-refractivity contribution in [3.63, 3.8) is 0 Å². The fourth-order valence-electron chi connectivity index (χ4n) is 2.42. The number of hydrogen-bond donors (Lipinski definition) is 2. The van der Waals surface area contributed by atoms with Crippen LogP contribution >= 0.6 is 46.4 Å². The van der Waals surface area contributed by atoms with Crippen LogP contribution in [0.2, 0.25) is 20.1 Å². The second-order valence-electron chi connectivity index (χ2n) is 5.91. The first-order valence-corrected chi connectivity index (χ1v) is 11.1. The van der Waals surface area contributed by atoms with Crippen molar-refractivity contribution >= 4 is 56.8 Å². The molecule has 2 N–H and O–H groups in total. The van der Waals surface area contributed by atoms with Crippen molar-refractivity contribution in [2.24, 2.45) is 0 Å². The summed E-state index contributed by atoms with van der Waals surface area (Å²) in [6.45, 7) is 0.890. The Hall–Kier alpha value is -1.36. The van der Waals surface area contributed by atoms with Crippen LogP contribution in [0.1, 0.15) is 17.2 Å². The molecule has 12 heteroatoms. The molecule has 0 radical (unpaired) electrons. The van der Waals surface area contributed by atoms with Crippen LogP contribution in [0.3, 0.4) is 0 Å². The van der Waals surface area contributed by atoms with Crippen molar-refractivity contribution in [2.45, 2.75) is 19.3 Å². The summed E-state index contributed by atoms with van der Waals surface area (Å²) in [5.74, 6) is 0. The zero-order chi connectivity index (χ0) is 22.3. The largest absolute Gasteiger partial charge is 0.394 e. The molecule has 162 valence electrons. The van der Waals surface area contributed by atoms with Crippen LogP contribution in [-0.2, 0) is 28.3 Å². The number of aromatic nitrogens is 2. The molecule has 2 aromatic carbocycles. The van der Waals surface area contributed by atoms with Gasteiger partial charge in [-0.2, -0.15) is 8.42 Å². The fraction of sp³-hybridized carbons (Fsp3) is 0.167. The number of nitrogens with zero attached hydrogens (tertiary/aromatic N) is 2. The van der Waals surface area contributed by atoms with E-state index in [1.165, 1.54) is 0 Å². The minimum Gasteiger partial charge on any atom is -0.367 e. The highest BCUT2D eigenvalue weighted by molar-refractivity contribution is 7.79. The van der Waals surface area contributed by atoms with Gasteiger partial charge in [-0.25, -0.2) is 4.98 Å². The van der Waals surface area contributed by atoms with Gasteiger partial charge in [-0.05, 0) is 29.8 Å². The Bertz CT molecular complexity index is 1070. The molecule has 0 saturated carbocycles. The third kappa shape index (κ3) is 8.79. The molecule has 3 aromatic rings. The van der Waals surface area contributed by atoms with Gasteiger partial charge in [-0.1, -0.05) is 58.5 Å². The minimum absolute atomic E-state index is 0.286. The van der Waals surface area contributed by atoms with Gasteiger partial charge in [0.05, 0.1) is 19.5 Å². The van der Waals surface area contributed by atoms with Gasteiger partial charge in [-0.3, -0.25) is 9.11 Å². The molecular weight excluding hydrogens is 498 g/mol. The molecule has 1 heterocycles. The van der Waals surface area contributed by atoms with E-state index in [1.807, 2.05) is 22.9 Å². The Balaban J connectivity index is 0.000000575. The van der Waals surface area contributed by atoms with E-state index in [2.05, 4.69) is 4.98 Å². The van der Waals surface area contributed by atoms with Crippen molar-refractivity contribution in [2.75, 3.05) is 0 Å². The molecule has 0 aliphatic carbocycles. The van der Waals surface area contributed by atoms with E-state index in [4.69, 9.17) is 68.7 Å². The van der Waals surface area contributed by atoms with E-state index in [0.29, 0.717) is 33.2 Å². The first-order valence-electron chi connectivity index (χ1n) is 8.19. The molecule has 0 bridgehead atoms. The Morgan fingerprint density at radius 2 is 1.60 bits per heavy atom. The summed E-state index contributed by atoms with van der Waals surface area (Å²) in [6, 6.07) is 10.7. The smallest absolute Gasteiger partial charge is 0.367 e. The lowest BCUT2D eigenvalue weighted by atomic mass is 10.1. The molecule has 3 rings (SSSR count). The molecule has 0 amide bonds. The van der Waals surface area contributed by atoms with E-state index in [0.717, 1.165) is 11.1 Å². The zero-order valence-electron chi connectivity index (χ0n) is 15.1. The van der Waals surface area contributed by atoms with Crippen LogP contribution in [0.4, 0.5) is 0 Å². The number of ether oxygens (including phenoxy) is 1. The molecule has 1 aromatic heterocycles. The van der Waals surface area contributed by atoms with Crippen molar-refractivity contribution in [3.8, 4) is 0 Å². The molecule has 0 spiro atoms. The summed E-state index contributed by atoms with van der Waals surface area (Å²) < 4.78 is 39.6.